The van der Waals surface area contributed by atoms with Crippen LogP contribution in [0.5, 0.6) is 0 Å². The SMILES string of the molecule is CC(C)c1nccn1CCC(=O)NCC(O)C(C)C. The fraction of sp³-hybridized carbons (Fsp3) is 0.714. The summed E-state index contributed by atoms with van der Waals surface area (Å²) in [5.41, 5.74) is 0. The molecule has 19 heavy (non-hydrogen) atoms. The first-order chi connectivity index (χ1) is 8.91. The monoisotopic (exact) mass is 267 g/mol. The molecule has 1 amide bonds. The lowest BCUT2D eigenvalue weighted by Gasteiger charge is -2.15. The van der Waals surface area contributed by atoms with Crippen molar-refractivity contribution in [2.45, 2.75) is 52.7 Å². The van der Waals surface area contributed by atoms with Crippen LogP contribution >= 0.6 is 0 Å². The molecular weight excluding hydrogens is 242 g/mol. The lowest BCUT2D eigenvalue weighted by Crippen LogP contribution is -2.35. The molecular formula is C14H25N3O2. The van der Waals surface area contributed by atoms with Crippen LogP contribution in [0.2, 0.25) is 0 Å². The molecule has 0 saturated heterocycles. The highest BCUT2D eigenvalue weighted by Gasteiger charge is 2.12. The zero-order valence-corrected chi connectivity index (χ0v) is 12.3. The van der Waals surface area contributed by atoms with Crippen LogP contribution in [0.3, 0.4) is 0 Å². The second-order valence-corrected chi connectivity index (χ2v) is 5.50. The molecule has 0 radical (unpaired) electrons. The van der Waals surface area contributed by atoms with E-state index in [1.165, 1.54) is 0 Å². The van der Waals surface area contributed by atoms with Crippen molar-refractivity contribution in [2.24, 2.45) is 5.92 Å². The standard InChI is InChI=1S/C14H25N3O2/c1-10(2)12(18)9-16-13(19)5-7-17-8-6-15-14(17)11(3)4/h6,8,10-12,18H,5,7,9H2,1-4H3,(H,16,19). The summed E-state index contributed by atoms with van der Waals surface area (Å²) in [6.45, 7) is 8.96. The van der Waals surface area contributed by atoms with Gasteiger partial charge in [-0.2, -0.15) is 0 Å². The number of aryl methyl sites for hydroxylation is 1. The normalized spacial score (nSPS) is 13.0. The van der Waals surface area contributed by atoms with E-state index in [1.807, 2.05) is 24.6 Å². The van der Waals surface area contributed by atoms with Gasteiger partial charge in [-0.1, -0.05) is 27.7 Å². The second-order valence-electron chi connectivity index (χ2n) is 5.50. The van der Waals surface area contributed by atoms with Crippen molar-refractivity contribution in [3.8, 4) is 0 Å². The van der Waals surface area contributed by atoms with Crippen molar-refractivity contribution < 1.29 is 9.90 Å². The third kappa shape index (κ3) is 5.03. The number of aromatic nitrogens is 2. The van der Waals surface area contributed by atoms with Crippen LogP contribution in [0.4, 0.5) is 0 Å². The molecule has 0 saturated carbocycles. The van der Waals surface area contributed by atoms with Gasteiger partial charge in [-0.25, -0.2) is 4.98 Å². The van der Waals surface area contributed by atoms with E-state index in [9.17, 15) is 9.90 Å². The van der Waals surface area contributed by atoms with E-state index in [1.54, 1.807) is 6.20 Å². The first-order valence-corrected chi connectivity index (χ1v) is 6.87. The van der Waals surface area contributed by atoms with Crippen LogP contribution in [-0.2, 0) is 11.3 Å². The van der Waals surface area contributed by atoms with Crippen LogP contribution in [0, 0.1) is 5.92 Å². The van der Waals surface area contributed by atoms with Gasteiger partial charge >= 0.3 is 0 Å². The predicted molar refractivity (Wildman–Crippen MR) is 74.8 cm³/mol. The highest BCUT2D eigenvalue weighted by Crippen LogP contribution is 2.11. The van der Waals surface area contributed by atoms with Gasteiger partial charge < -0.3 is 15.0 Å². The fourth-order valence-corrected chi connectivity index (χ4v) is 1.77. The van der Waals surface area contributed by atoms with E-state index < -0.39 is 6.10 Å². The van der Waals surface area contributed by atoms with Crippen molar-refractivity contribution in [1.29, 1.82) is 0 Å². The van der Waals surface area contributed by atoms with Crippen LogP contribution in [0.15, 0.2) is 12.4 Å². The lowest BCUT2D eigenvalue weighted by atomic mass is 10.1. The predicted octanol–water partition coefficient (Wildman–Crippen LogP) is 1.53. The Morgan fingerprint density at radius 3 is 2.68 bits per heavy atom. The molecule has 0 spiro atoms. The zero-order chi connectivity index (χ0) is 14.4. The number of amides is 1. The molecule has 2 N–H and O–H groups in total. The minimum absolute atomic E-state index is 0.0388. The summed E-state index contributed by atoms with van der Waals surface area (Å²) in [6, 6.07) is 0. The highest BCUT2D eigenvalue weighted by atomic mass is 16.3. The number of aliphatic hydroxyl groups excluding tert-OH is 1. The van der Waals surface area contributed by atoms with Gasteiger partial charge in [-0.3, -0.25) is 4.79 Å². The third-order valence-electron chi connectivity index (χ3n) is 3.12. The van der Waals surface area contributed by atoms with E-state index >= 15 is 0 Å². The van der Waals surface area contributed by atoms with E-state index in [4.69, 9.17) is 0 Å². The number of aliphatic hydroxyl groups is 1. The topological polar surface area (TPSA) is 67.2 Å². The molecule has 0 bridgehead atoms. The van der Waals surface area contributed by atoms with Crippen molar-refractivity contribution >= 4 is 5.91 Å². The Kier molecular flexibility index (Phi) is 6.02. The van der Waals surface area contributed by atoms with Gasteiger partial charge in [0.1, 0.15) is 5.82 Å². The number of nitrogens with one attached hydrogen (secondary N) is 1. The summed E-state index contributed by atoms with van der Waals surface area (Å²) in [5.74, 6) is 1.46. The Bertz CT molecular complexity index is 399. The zero-order valence-electron chi connectivity index (χ0n) is 12.3. The number of imidazole rings is 1. The van der Waals surface area contributed by atoms with Crippen molar-refractivity contribution in [1.82, 2.24) is 14.9 Å². The summed E-state index contributed by atoms with van der Waals surface area (Å²) in [6.07, 6.45) is 3.57. The number of carbonyl (C=O) groups is 1. The lowest BCUT2D eigenvalue weighted by molar-refractivity contribution is -0.121. The second kappa shape index (κ2) is 7.28. The Morgan fingerprint density at radius 1 is 1.42 bits per heavy atom. The minimum Gasteiger partial charge on any atom is -0.391 e. The molecule has 1 unspecified atom stereocenters. The molecule has 5 nitrogen and oxygen atoms in total. The molecule has 1 heterocycles. The summed E-state index contributed by atoms with van der Waals surface area (Å²) >= 11 is 0. The summed E-state index contributed by atoms with van der Waals surface area (Å²) in [4.78, 5) is 16.0. The Balaban J connectivity index is 2.36. The Morgan fingerprint density at radius 2 is 2.11 bits per heavy atom. The van der Waals surface area contributed by atoms with Gasteiger partial charge in [0, 0.05) is 37.8 Å². The average molecular weight is 267 g/mol. The number of carbonyl (C=O) groups excluding carboxylic acids is 1. The number of hydrogen-bond acceptors (Lipinski definition) is 3. The molecule has 0 aliphatic heterocycles. The molecule has 108 valence electrons. The summed E-state index contributed by atoms with van der Waals surface area (Å²) in [5, 5.41) is 12.4. The van der Waals surface area contributed by atoms with E-state index in [-0.39, 0.29) is 11.8 Å². The molecule has 1 atom stereocenters. The quantitative estimate of drug-likeness (QED) is 0.787. The maximum atomic E-state index is 11.7. The van der Waals surface area contributed by atoms with Crippen LogP contribution in [0.25, 0.3) is 0 Å². The van der Waals surface area contributed by atoms with E-state index in [0.29, 0.717) is 25.4 Å². The van der Waals surface area contributed by atoms with Crippen LogP contribution in [-0.4, -0.2) is 33.2 Å². The minimum atomic E-state index is -0.483. The van der Waals surface area contributed by atoms with Crippen molar-refractivity contribution in [2.75, 3.05) is 6.54 Å². The maximum absolute atomic E-state index is 11.7. The third-order valence-corrected chi connectivity index (χ3v) is 3.12. The fourth-order valence-electron chi connectivity index (χ4n) is 1.77. The van der Waals surface area contributed by atoms with Gasteiger partial charge in [0.05, 0.1) is 6.10 Å². The highest BCUT2D eigenvalue weighted by molar-refractivity contribution is 5.75. The largest absolute Gasteiger partial charge is 0.391 e. The molecule has 0 aliphatic carbocycles. The Hall–Kier alpha value is -1.36. The molecule has 1 aromatic rings. The smallest absolute Gasteiger partial charge is 0.221 e. The van der Waals surface area contributed by atoms with Gasteiger partial charge in [-0.15, -0.1) is 0 Å². The molecule has 1 aromatic heterocycles. The van der Waals surface area contributed by atoms with E-state index in [2.05, 4.69) is 24.1 Å². The van der Waals surface area contributed by atoms with Gasteiger partial charge in [0.15, 0.2) is 0 Å². The molecule has 1 rings (SSSR count). The van der Waals surface area contributed by atoms with Crippen LogP contribution < -0.4 is 5.32 Å². The number of nitrogens with zero attached hydrogens (tertiary/aromatic N) is 2. The molecule has 5 heteroatoms. The number of rotatable bonds is 7. The van der Waals surface area contributed by atoms with Gasteiger partial charge in [0.2, 0.25) is 5.91 Å². The first-order valence-electron chi connectivity index (χ1n) is 6.87. The van der Waals surface area contributed by atoms with E-state index in [0.717, 1.165) is 5.82 Å². The molecule has 0 aromatic carbocycles. The van der Waals surface area contributed by atoms with Crippen molar-refractivity contribution in [3.63, 3.8) is 0 Å². The molecule has 0 aliphatic rings. The first kappa shape index (κ1) is 15.7. The Labute approximate surface area is 115 Å². The summed E-state index contributed by atoms with van der Waals surface area (Å²) < 4.78 is 2.00. The van der Waals surface area contributed by atoms with Gasteiger partial charge in [-0.05, 0) is 5.92 Å². The van der Waals surface area contributed by atoms with Crippen LogP contribution in [0.1, 0.15) is 45.9 Å². The average Bonchev–Trinajstić information content (AvgIpc) is 2.81. The van der Waals surface area contributed by atoms with Crippen molar-refractivity contribution in [3.05, 3.63) is 18.2 Å². The maximum Gasteiger partial charge on any atom is 0.221 e. The summed E-state index contributed by atoms with van der Waals surface area (Å²) in [7, 11) is 0. The molecule has 0 fully saturated rings. The van der Waals surface area contributed by atoms with Gasteiger partial charge in [0.25, 0.3) is 0 Å². The number of hydrogen-bond donors (Lipinski definition) is 2.